The maximum atomic E-state index is 11.8. The van der Waals surface area contributed by atoms with Gasteiger partial charge in [0.1, 0.15) is 6.04 Å². The summed E-state index contributed by atoms with van der Waals surface area (Å²) in [5.41, 5.74) is 0.744. The fourth-order valence-corrected chi connectivity index (χ4v) is 1.78. The number of carbonyl (C=O) groups is 1. The zero-order chi connectivity index (χ0) is 11.5. The van der Waals surface area contributed by atoms with Gasteiger partial charge in [-0.25, -0.2) is 4.79 Å². The van der Waals surface area contributed by atoms with Gasteiger partial charge in [-0.05, 0) is 12.1 Å². The molecule has 1 aliphatic heterocycles. The van der Waals surface area contributed by atoms with Crippen molar-refractivity contribution in [2.24, 2.45) is 0 Å². The number of nitrogens with zero attached hydrogens (tertiary/aromatic N) is 3. The monoisotopic (exact) mass is 215 g/mol. The molecule has 0 radical (unpaired) electrons. The van der Waals surface area contributed by atoms with Crippen LogP contribution in [-0.2, 0) is 0 Å². The largest absolute Gasteiger partial charge is 0.326 e. The molecule has 0 N–H and O–H groups in total. The molecule has 0 aromatic carbocycles. The van der Waals surface area contributed by atoms with Crippen LogP contribution in [0.4, 0.5) is 4.79 Å². The minimum Gasteiger partial charge on any atom is -0.326 e. The molecule has 0 aliphatic carbocycles. The smallest absolute Gasteiger partial charge is 0.321 e. The number of aromatic nitrogens is 1. The van der Waals surface area contributed by atoms with Crippen molar-refractivity contribution in [2.75, 3.05) is 20.1 Å². The van der Waals surface area contributed by atoms with E-state index in [9.17, 15) is 4.79 Å². The molecule has 1 aliphatic rings. The Balaban J connectivity index is 2.25. The van der Waals surface area contributed by atoms with Crippen LogP contribution in [0, 0.1) is 12.3 Å². The summed E-state index contributed by atoms with van der Waals surface area (Å²) in [5.74, 6) is 2.63. The van der Waals surface area contributed by atoms with E-state index in [1.54, 1.807) is 23.0 Å². The standard InChI is InChI=1S/C12H13N3O/c1-3-11(10-6-4-5-7-13-10)15-9-8-14(2)12(15)16/h1,4-7,11H,8-9H2,2H3. The molecule has 0 saturated carbocycles. The average Bonchev–Trinajstić information content (AvgIpc) is 2.64. The van der Waals surface area contributed by atoms with Crippen LogP contribution >= 0.6 is 0 Å². The van der Waals surface area contributed by atoms with Gasteiger partial charge < -0.3 is 9.80 Å². The first-order valence-corrected chi connectivity index (χ1v) is 5.13. The van der Waals surface area contributed by atoms with Crippen LogP contribution in [0.3, 0.4) is 0 Å². The second kappa shape index (κ2) is 4.23. The topological polar surface area (TPSA) is 36.4 Å². The molecule has 1 aromatic rings. The van der Waals surface area contributed by atoms with E-state index in [2.05, 4.69) is 10.9 Å². The zero-order valence-corrected chi connectivity index (χ0v) is 9.13. The molecule has 1 saturated heterocycles. The van der Waals surface area contributed by atoms with Crippen LogP contribution in [-0.4, -0.2) is 41.0 Å². The Labute approximate surface area is 94.9 Å². The third kappa shape index (κ3) is 1.72. The molecular weight excluding hydrogens is 202 g/mol. The highest BCUT2D eigenvalue weighted by Gasteiger charge is 2.31. The molecule has 2 rings (SSSR count). The Morgan fingerprint density at radius 1 is 1.50 bits per heavy atom. The van der Waals surface area contributed by atoms with E-state index >= 15 is 0 Å². The van der Waals surface area contributed by atoms with Gasteiger partial charge in [-0.15, -0.1) is 6.42 Å². The number of urea groups is 1. The quantitative estimate of drug-likeness (QED) is 0.693. The number of amides is 2. The Morgan fingerprint density at radius 2 is 2.31 bits per heavy atom. The molecular formula is C12H13N3O. The summed E-state index contributed by atoms with van der Waals surface area (Å²) >= 11 is 0. The minimum absolute atomic E-state index is 0.0337. The maximum Gasteiger partial charge on any atom is 0.321 e. The predicted molar refractivity (Wildman–Crippen MR) is 60.5 cm³/mol. The number of rotatable bonds is 2. The van der Waals surface area contributed by atoms with Crippen LogP contribution < -0.4 is 0 Å². The summed E-state index contributed by atoms with van der Waals surface area (Å²) < 4.78 is 0. The van der Waals surface area contributed by atoms with Gasteiger partial charge in [-0.1, -0.05) is 12.0 Å². The van der Waals surface area contributed by atoms with Crippen molar-refractivity contribution < 1.29 is 4.79 Å². The van der Waals surface area contributed by atoms with Gasteiger partial charge in [0.05, 0.1) is 5.69 Å². The van der Waals surface area contributed by atoms with Crippen molar-refractivity contribution >= 4 is 6.03 Å². The predicted octanol–water partition coefficient (Wildman–Crippen LogP) is 1.12. The van der Waals surface area contributed by atoms with Gasteiger partial charge in [0, 0.05) is 26.3 Å². The van der Waals surface area contributed by atoms with E-state index in [0.29, 0.717) is 13.1 Å². The summed E-state index contributed by atoms with van der Waals surface area (Å²) in [5, 5.41) is 0. The summed E-state index contributed by atoms with van der Waals surface area (Å²) in [7, 11) is 1.77. The van der Waals surface area contributed by atoms with Crippen molar-refractivity contribution in [1.29, 1.82) is 0 Å². The molecule has 1 unspecified atom stereocenters. The Bertz CT molecular complexity index is 424. The van der Waals surface area contributed by atoms with Crippen LogP contribution in [0.2, 0.25) is 0 Å². The fraction of sp³-hybridized carbons (Fsp3) is 0.333. The maximum absolute atomic E-state index is 11.8. The molecule has 0 spiro atoms. The SMILES string of the molecule is C#CC(c1ccccn1)N1CCN(C)C1=O. The lowest BCUT2D eigenvalue weighted by atomic mass is 10.2. The minimum atomic E-state index is -0.362. The number of terminal acetylenes is 1. The lowest BCUT2D eigenvalue weighted by Gasteiger charge is -2.22. The normalized spacial score (nSPS) is 17.4. The highest BCUT2D eigenvalue weighted by Crippen LogP contribution is 2.21. The Morgan fingerprint density at radius 3 is 2.81 bits per heavy atom. The highest BCUT2D eigenvalue weighted by atomic mass is 16.2. The lowest BCUT2D eigenvalue weighted by molar-refractivity contribution is 0.191. The first-order valence-electron chi connectivity index (χ1n) is 5.13. The van der Waals surface area contributed by atoms with Crippen molar-refractivity contribution in [1.82, 2.24) is 14.8 Å². The van der Waals surface area contributed by atoms with E-state index in [-0.39, 0.29) is 12.1 Å². The van der Waals surface area contributed by atoms with E-state index in [4.69, 9.17) is 6.42 Å². The highest BCUT2D eigenvalue weighted by molar-refractivity contribution is 5.77. The van der Waals surface area contributed by atoms with Crippen molar-refractivity contribution in [3.8, 4) is 12.3 Å². The van der Waals surface area contributed by atoms with Gasteiger partial charge >= 0.3 is 6.03 Å². The second-order valence-electron chi connectivity index (χ2n) is 3.72. The first kappa shape index (κ1) is 10.5. The van der Waals surface area contributed by atoms with Crippen LogP contribution in [0.1, 0.15) is 11.7 Å². The third-order valence-electron chi connectivity index (χ3n) is 2.69. The molecule has 2 amide bonds. The molecule has 82 valence electrons. The number of carbonyl (C=O) groups excluding carboxylic acids is 1. The summed E-state index contributed by atoms with van der Waals surface area (Å²) in [6.45, 7) is 1.37. The van der Waals surface area contributed by atoms with Crippen LogP contribution in [0.15, 0.2) is 24.4 Å². The van der Waals surface area contributed by atoms with E-state index in [1.165, 1.54) is 0 Å². The molecule has 1 fully saturated rings. The van der Waals surface area contributed by atoms with Gasteiger partial charge in [0.2, 0.25) is 0 Å². The van der Waals surface area contributed by atoms with Crippen molar-refractivity contribution in [3.63, 3.8) is 0 Å². The number of likely N-dealkylation sites (N-methyl/N-ethyl adjacent to an activating group) is 1. The fourth-order valence-electron chi connectivity index (χ4n) is 1.78. The Kier molecular flexibility index (Phi) is 2.78. The molecule has 4 heteroatoms. The summed E-state index contributed by atoms with van der Waals surface area (Å²) in [6.07, 6.45) is 7.17. The van der Waals surface area contributed by atoms with Crippen molar-refractivity contribution in [3.05, 3.63) is 30.1 Å². The summed E-state index contributed by atoms with van der Waals surface area (Å²) in [6, 6.07) is 5.15. The van der Waals surface area contributed by atoms with Gasteiger partial charge in [-0.3, -0.25) is 4.98 Å². The van der Waals surface area contributed by atoms with Crippen LogP contribution in [0.25, 0.3) is 0 Å². The van der Waals surface area contributed by atoms with Gasteiger partial charge in [0.15, 0.2) is 0 Å². The van der Waals surface area contributed by atoms with E-state index in [1.807, 2.05) is 18.2 Å². The molecule has 2 heterocycles. The number of pyridine rings is 1. The molecule has 1 aromatic heterocycles. The van der Waals surface area contributed by atoms with Crippen molar-refractivity contribution in [2.45, 2.75) is 6.04 Å². The average molecular weight is 215 g/mol. The second-order valence-corrected chi connectivity index (χ2v) is 3.72. The molecule has 16 heavy (non-hydrogen) atoms. The summed E-state index contributed by atoms with van der Waals surface area (Å²) in [4.78, 5) is 19.3. The van der Waals surface area contributed by atoms with Crippen LogP contribution in [0.5, 0.6) is 0 Å². The van der Waals surface area contributed by atoms with E-state index in [0.717, 1.165) is 5.69 Å². The van der Waals surface area contributed by atoms with Gasteiger partial charge in [0.25, 0.3) is 0 Å². The molecule has 1 atom stereocenters. The van der Waals surface area contributed by atoms with Gasteiger partial charge in [-0.2, -0.15) is 0 Å². The third-order valence-corrected chi connectivity index (χ3v) is 2.69. The van der Waals surface area contributed by atoms with E-state index < -0.39 is 0 Å². The molecule has 0 bridgehead atoms. The number of hydrogen-bond donors (Lipinski definition) is 0. The number of hydrogen-bond acceptors (Lipinski definition) is 2. The zero-order valence-electron chi connectivity index (χ0n) is 9.13. The lowest BCUT2D eigenvalue weighted by Crippen LogP contribution is -2.32. The Hall–Kier alpha value is -2.02. The molecule has 4 nitrogen and oxygen atoms in total. The first-order chi connectivity index (χ1) is 7.74.